The molecule has 2 rings (SSSR count). The zero-order valence-electron chi connectivity index (χ0n) is 12.3. The average molecular weight is 262 g/mol. The first-order valence-electron chi connectivity index (χ1n) is 7.00. The molecule has 1 aromatic rings. The van der Waals surface area contributed by atoms with E-state index in [1.807, 2.05) is 0 Å². The van der Waals surface area contributed by atoms with Gasteiger partial charge < -0.3 is 4.90 Å². The highest BCUT2D eigenvalue weighted by Crippen LogP contribution is 2.14. The second kappa shape index (κ2) is 6.48. The van der Waals surface area contributed by atoms with E-state index in [1.165, 1.54) is 11.1 Å². The van der Waals surface area contributed by atoms with Gasteiger partial charge in [0.25, 0.3) is 0 Å². The summed E-state index contributed by atoms with van der Waals surface area (Å²) in [6, 6.07) is 9.48. The van der Waals surface area contributed by atoms with Crippen LogP contribution in [0, 0.1) is 6.92 Å². The van der Waals surface area contributed by atoms with Crippen LogP contribution < -0.4 is 11.3 Å². The monoisotopic (exact) mass is 262 g/mol. The van der Waals surface area contributed by atoms with Gasteiger partial charge in [0, 0.05) is 31.7 Å². The van der Waals surface area contributed by atoms with E-state index in [0.717, 1.165) is 26.1 Å². The lowest BCUT2D eigenvalue weighted by Crippen LogP contribution is -2.60. The molecule has 4 heteroatoms. The molecule has 1 aliphatic heterocycles. The second-order valence-electron chi connectivity index (χ2n) is 5.77. The van der Waals surface area contributed by atoms with Crippen LogP contribution in [0.25, 0.3) is 0 Å². The molecule has 2 unspecified atom stereocenters. The molecular weight excluding hydrogens is 236 g/mol. The number of nitrogens with one attached hydrogen (secondary N) is 1. The number of aryl methyl sites for hydroxylation is 1. The standard InChI is InChI=1S/C15H26N4/c1-12-4-6-13(7-5-12)10-14(17-16)15-11-18(2)8-9-19(15)3/h4-7,14-15,17H,8-11,16H2,1-3H3. The van der Waals surface area contributed by atoms with Crippen molar-refractivity contribution in [2.45, 2.75) is 25.4 Å². The Bertz CT molecular complexity index is 390. The summed E-state index contributed by atoms with van der Waals surface area (Å²) >= 11 is 0. The summed E-state index contributed by atoms with van der Waals surface area (Å²) in [7, 11) is 4.37. The number of hydrogen-bond donors (Lipinski definition) is 2. The molecule has 0 aliphatic carbocycles. The third-order valence-corrected chi connectivity index (χ3v) is 4.15. The van der Waals surface area contributed by atoms with Gasteiger partial charge in [-0.2, -0.15) is 0 Å². The Kier molecular flexibility index (Phi) is 4.93. The molecule has 3 N–H and O–H groups in total. The maximum Gasteiger partial charge on any atom is 0.0418 e. The normalized spacial score (nSPS) is 23.5. The van der Waals surface area contributed by atoms with Crippen molar-refractivity contribution in [1.82, 2.24) is 15.2 Å². The minimum atomic E-state index is 0.287. The quantitative estimate of drug-likeness (QED) is 0.617. The van der Waals surface area contributed by atoms with Gasteiger partial charge in [-0.25, -0.2) is 0 Å². The summed E-state index contributed by atoms with van der Waals surface area (Å²) in [6.45, 7) is 5.42. The molecule has 1 saturated heterocycles. The van der Waals surface area contributed by atoms with Crippen molar-refractivity contribution >= 4 is 0 Å². The molecule has 1 aromatic carbocycles. The minimum Gasteiger partial charge on any atom is -0.303 e. The molecule has 4 nitrogen and oxygen atoms in total. The molecule has 0 radical (unpaired) electrons. The van der Waals surface area contributed by atoms with E-state index in [-0.39, 0.29) is 6.04 Å². The van der Waals surface area contributed by atoms with E-state index in [1.54, 1.807) is 0 Å². The van der Waals surface area contributed by atoms with E-state index in [4.69, 9.17) is 5.84 Å². The summed E-state index contributed by atoms with van der Waals surface area (Å²) in [5.74, 6) is 5.79. The van der Waals surface area contributed by atoms with Gasteiger partial charge in [-0.3, -0.25) is 16.2 Å². The first kappa shape index (κ1) is 14.5. The zero-order valence-corrected chi connectivity index (χ0v) is 12.3. The lowest BCUT2D eigenvalue weighted by molar-refractivity contribution is 0.0877. The van der Waals surface area contributed by atoms with Crippen LogP contribution in [-0.4, -0.2) is 55.6 Å². The third-order valence-electron chi connectivity index (χ3n) is 4.15. The fourth-order valence-corrected chi connectivity index (χ4v) is 2.76. The Morgan fingerprint density at radius 3 is 2.58 bits per heavy atom. The van der Waals surface area contributed by atoms with Gasteiger partial charge in [-0.05, 0) is 33.0 Å². The molecule has 0 amide bonds. The highest BCUT2D eigenvalue weighted by atomic mass is 15.3. The second-order valence-corrected chi connectivity index (χ2v) is 5.77. The summed E-state index contributed by atoms with van der Waals surface area (Å²) in [4.78, 5) is 4.79. The van der Waals surface area contributed by atoms with Gasteiger partial charge in [-0.15, -0.1) is 0 Å². The van der Waals surface area contributed by atoms with Crippen LogP contribution in [0.15, 0.2) is 24.3 Å². The van der Waals surface area contributed by atoms with Crippen molar-refractivity contribution in [2.75, 3.05) is 33.7 Å². The van der Waals surface area contributed by atoms with Gasteiger partial charge in [0.15, 0.2) is 0 Å². The van der Waals surface area contributed by atoms with E-state index in [0.29, 0.717) is 6.04 Å². The van der Waals surface area contributed by atoms with Crippen molar-refractivity contribution in [1.29, 1.82) is 0 Å². The van der Waals surface area contributed by atoms with Crippen LogP contribution in [0.1, 0.15) is 11.1 Å². The lowest BCUT2D eigenvalue weighted by Gasteiger charge is -2.41. The molecule has 106 valence electrons. The molecule has 1 fully saturated rings. The zero-order chi connectivity index (χ0) is 13.8. The maximum atomic E-state index is 5.79. The Morgan fingerprint density at radius 1 is 1.26 bits per heavy atom. The largest absolute Gasteiger partial charge is 0.303 e. The lowest BCUT2D eigenvalue weighted by atomic mass is 9.96. The fourth-order valence-electron chi connectivity index (χ4n) is 2.76. The van der Waals surface area contributed by atoms with Crippen molar-refractivity contribution in [2.24, 2.45) is 5.84 Å². The van der Waals surface area contributed by atoms with Crippen molar-refractivity contribution in [3.8, 4) is 0 Å². The van der Waals surface area contributed by atoms with Crippen molar-refractivity contribution in [3.05, 3.63) is 35.4 Å². The number of likely N-dealkylation sites (N-methyl/N-ethyl adjacent to an activating group) is 2. The van der Waals surface area contributed by atoms with Gasteiger partial charge in [-0.1, -0.05) is 29.8 Å². The summed E-state index contributed by atoms with van der Waals surface area (Å²) in [5.41, 5.74) is 5.66. The van der Waals surface area contributed by atoms with Crippen molar-refractivity contribution in [3.63, 3.8) is 0 Å². The number of nitrogens with zero attached hydrogens (tertiary/aromatic N) is 2. The Balaban J connectivity index is 2.04. The third kappa shape index (κ3) is 3.76. The first-order chi connectivity index (χ1) is 9.10. The van der Waals surface area contributed by atoms with Gasteiger partial charge in [0.05, 0.1) is 0 Å². The highest BCUT2D eigenvalue weighted by molar-refractivity contribution is 5.22. The number of benzene rings is 1. The summed E-state index contributed by atoms with van der Waals surface area (Å²) < 4.78 is 0. The maximum absolute atomic E-state index is 5.79. The minimum absolute atomic E-state index is 0.287. The van der Waals surface area contributed by atoms with Gasteiger partial charge in [0.2, 0.25) is 0 Å². The Morgan fingerprint density at radius 2 is 1.95 bits per heavy atom. The van der Waals surface area contributed by atoms with Gasteiger partial charge >= 0.3 is 0 Å². The molecule has 1 aliphatic rings. The molecule has 0 saturated carbocycles. The molecule has 0 bridgehead atoms. The van der Waals surface area contributed by atoms with Crippen LogP contribution in [0.2, 0.25) is 0 Å². The SMILES string of the molecule is Cc1ccc(CC(NN)C2CN(C)CCN2C)cc1. The molecule has 0 aromatic heterocycles. The van der Waals surface area contributed by atoms with E-state index >= 15 is 0 Å². The Labute approximate surface area is 116 Å². The smallest absolute Gasteiger partial charge is 0.0418 e. The molecule has 0 spiro atoms. The van der Waals surface area contributed by atoms with E-state index in [9.17, 15) is 0 Å². The van der Waals surface area contributed by atoms with E-state index < -0.39 is 0 Å². The van der Waals surface area contributed by atoms with E-state index in [2.05, 4.69) is 60.5 Å². The molecule has 1 heterocycles. The predicted molar refractivity (Wildman–Crippen MR) is 79.9 cm³/mol. The topological polar surface area (TPSA) is 44.5 Å². The average Bonchev–Trinajstić information content (AvgIpc) is 2.41. The first-order valence-corrected chi connectivity index (χ1v) is 7.00. The van der Waals surface area contributed by atoms with Crippen LogP contribution >= 0.6 is 0 Å². The number of piperazine rings is 1. The number of hydrazine groups is 1. The van der Waals surface area contributed by atoms with Crippen molar-refractivity contribution < 1.29 is 0 Å². The summed E-state index contributed by atoms with van der Waals surface area (Å²) in [6.07, 6.45) is 0.972. The Hall–Kier alpha value is -0.940. The molecule has 19 heavy (non-hydrogen) atoms. The predicted octanol–water partition coefficient (Wildman–Crippen LogP) is 0.615. The number of rotatable bonds is 4. The van der Waals surface area contributed by atoms with Gasteiger partial charge in [0.1, 0.15) is 0 Å². The van der Waals surface area contributed by atoms with Crippen LogP contribution in [0.4, 0.5) is 0 Å². The summed E-state index contributed by atoms with van der Waals surface area (Å²) in [5, 5.41) is 0. The van der Waals surface area contributed by atoms with Crippen LogP contribution in [0.3, 0.4) is 0 Å². The van der Waals surface area contributed by atoms with Crippen LogP contribution in [-0.2, 0) is 6.42 Å². The highest BCUT2D eigenvalue weighted by Gasteiger charge is 2.29. The number of nitrogens with two attached hydrogens (primary N) is 1. The fraction of sp³-hybridized carbons (Fsp3) is 0.600. The molecular formula is C15H26N4. The van der Waals surface area contributed by atoms with Crippen LogP contribution in [0.5, 0.6) is 0 Å². The molecule has 2 atom stereocenters. The number of hydrogen-bond acceptors (Lipinski definition) is 4.